The molecule has 1 aromatic heterocycles. The summed E-state index contributed by atoms with van der Waals surface area (Å²) in [4.78, 5) is 28.8. The molecule has 2 aliphatic rings. The molecular formula is C18H25N3O2. The molecule has 0 bridgehead atoms. The third-order valence-electron chi connectivity index (χ3n) is 4.85. The van der Waals surface area contributed by atoms with Crippen LogP contribution in [0.3, 0.4) is 0 Å². The van der Waals surface area contributed by atoms with Crippen LogP contribution in [0.2, 0.25) is 0 Å². The topological polar surface area (TPSA) is 71.1 Å². The van der Waals surface area contributed by atoms with Crippen molar-refractivity contribution in [1.29, 1.82) is 0 Å². The van der Waals surface area contributed by atoms with E-state index in [1.165, 1.54) is 32.1 Å². The third kappa shape index (κ3) is 4.30. The standard InChI is InChI=1S/C18H25N3O2/c22-17(19-13-7-2-1-3-8-13)15-11-6-12-16(21-15)18(23)20-14-9-4-5-10-14/h6,11-14H,1-5,7-10H2,(H,19,22)(H,20,23). The molecule has 2 saturated carbocycles. The maximum atomic E-state index is 12.3. The average molecular weight is 315 g/mol. The van der Waals surface area contributed by atoms with E-state index >= 15 is 0 Å². The van der Waals surface area contributed by atoms with Crippen molar-refractivity contribution < 1.29 is 9.59 Å². The van der Waals surface area contributed by atoms with E-state index < -0.39 is 0 Å². The molecule has 1 heterocycles. The first kappa shape index (κ1) is 16.0. The Balaban J connectivity index is 1.61. The second-order valence-electron chi connectivity index (χ2n) is 6.67. The summed E-state index contributed by atoms with van der Waals surface area (Å²) in [6.07, 6.45) is 10.1. The van der Waals surface area contributed by atoms with Crippen molar-refractivity contribution in [3.63, 3.8) is 0 Å². The number of nitrogens with one attached hydrogen (secondary N) is 2. The molecule has 5 nitrogen and oxygen atoms in total. The first-order valence-electron chi connectivity index (χ1n) is 8.81. The van der Waals surface area contributed by atoms with Crippen molar-refractivity contribution in [3.8, 4) is 0 Å². The SMILES string of the molecule is O=C(NC1CCCCC1)c1cccc(C(=O)NC2CCCC2)n1. The lowest BCUT2D eigenvalue weighted by Gasteiger charge is -2.22. The highest BCUT2D eigenvalue weighted by molar-refractivity contribution is 5.96. The molecular weight excluding hydrogens is 290 g/mol. The summed E-state index contributed by atoms with van der Waals surface area (Å²) in [5, 5.41) is 6.05. The number of amides is 2. The molecule has 0 unspecified atom stereocenters. The number of carbonyl (C=O) groups excluding carboxylic acids is 2. The summed E-state index contributed by atoms with van der Waals surface area (Å²) in [5.74, 6) is -0.350. The van der Waals surface area contributed by atoms with Crippen molar-refractivity contribution in [3.05, 3.63) is 29.6 Å². The van der Waals surface area contributed by atoms with E-state index in [-0.39, 0.29) is 23.9 Å². The molecule has 0 radical (unpaired) electrons. The highest BCUT2D eigenvalue weighted by Crippen LogP contribution is 2.19. The van der Waals surface area contributed by atoms with Gasteiger partial charge in [-0.25, -0.2) is 4.98 Å². The Morgan fingerprint density at radius 3 is 1.70 bits per heavy atom. The molecule has 2 N–H and O–H groups in total. The molecule has 2 amide bonds. The lowest BCUT2D eigenvalue weighted by Crippen LogP contribution is -2.37. The molecule has 0 aromatic carbocycles. The quantitative estimate of drug-likeness (QED) is 0.897. The molecule has 2 aliphatic carbocycles. The van der Waals surface area contributed by atoms with E-state index in [0.29, 0.717) is 11.4 Å². The minimum Gasteiger partial charge on any atom is -0.348 e. The van der Waals surface area contributed by atoms with Gasteiger partial charge < -0.3 is 10.6 Å². The van der Waals surface area contributed by atoms with E-state index in [9.17, 15) is 9.59 Å². The Bertz CT molecular complexity index is 561. The molecule has 23 heavy (non-hydrogen) atoms. The van der Waals surface area contributed by atoms with Gasteiger partial charge in [-0.2, -0.15) is 0 Å². The van der Waals surface area contributed by atoms with Gasteiger partial charge in [0.1, 0.15) is 11.4 Å². The summed E-state index contributed by atoms with van der Waals surface area (Å²) < 4.78 is 0. The highest BCUT2D eigenvalue weighted by atomic mass is 16.2. The van der Waals surface area contributed by atoms with Gasteiger partial charge in [0.15, 0.2) is 0 Å². The zero-order valence-electron chi connectivity index (χ0n) is 13.5. The van der Waals surface area contributed by atoms with E-state index in [1.807, 2.05) is 0 Å². The Morgan fingerprint density at radius 2 is 1.22 bits per heavy atom. The number of hydrogen-bond acceptors (Lipinski definition) is 3. The Hall–Kier alpha value is -1.91. The molecule has 0 aliphatic heterocycles. The lowest BCUT2D eigenvalue weighted by atomic mass is 9.95. The van der Waals surface area contributed by atoms with Gasteiger partial charge in [-0.15, -0.1) is 0 Å². The fraction of sp³-hybridized carbons (Fsp3) is 0.611. The molecule has 5 heteroatoms. The van der Waals surface area contributed by atoms with E-state index in [1.54, 1.807) is 18.2 Å². The Labute approximate surface area is 137 Å². The minimum absolute atomic E-state index is 0.174. The molecule has 0 saturated heterocycles. The van der Waals surface area contributed by atoms with Crippen LogP contribution in [0.5, 0.6) is 0 Å². The number of rotatable bonds is 4. The van der Waals surface area contributed by atoms with Crippen LogP contribution in [0, 0.1) is 0 Å². The van der Waals surface area contributed by atoms with Gasteiger partial charge in [0.05, 0.1) is 0 Å². The van der Waals surface area contributed by atoms with Crippen molar-refractivity contribution in [2.24, 2.45) is 0 Å². The zero-order valence-corrected chi connectivity index (χ0v) is 13.5. The number of carbonyl (C=O) groups is 2. The fourth-order valence-electron chi connectivity index (χ4n) is 3.52. The second kappa shape index (κ2) is 7.57. The minimum atomic E-state index is -0.177. The normalized spacial score (nSPS) is 19.5. The predicted molar refractivity (Wildman–Crippen MR) is 88.3 cm³/mol. The summed E-state index contributed by atoms with van der Waals surface area (Å²) in [7, 11) is 0. The van der Waals surface area contributed by atoms with E-state index in [2.05, 4.69) is 15.6 Å². The maximum Gasteiger partial charge on any atom is 0.270 e. The first-order valence-corrected chi connectivity index (χ1v) is 8.81. The Morgan fingerprint density at radius 1 is 0.783 bits per heavy atom. The van der Waals surface area contributed by atoms with Gasteiger partial charge in [0.25, 0.3) is 11.8 Å². The molecule has 0 atom stereocenters. The number of pyridine rings is 1. The van der Waals surface area contributed by atoms with E-state index in [4.69, 9.17) is 0 Å². The van der Waals surface area contributed by atoms with Gasteiger partial charge >= 0.3 is 0 Å². The Kier molecular flexibility index (Phi) is 5.26. The van der Waals surface area contributed by atoms with Gasteiger partial charge in [-0.3, -0.25) is 9.59 Å². The van der Waals surface area contributed by atoms with Crippen molar-refractivity contribution in [2.45, 2.75) is 69.9 Å². The largest absolute Gasteiger partial charge is 0.348 e. The third-order valence-corrected chi connectivity index (χ3v) is 4.85. The molecule has 2 fully saturated rings. The fourth-order valence-corrected chi connectivity index (χ4v) is 3.52. The smallest absolute Gasteiger partial charge is 0.270 e. The molecule has 3 rings (SSSR count). The average Bonchev–Trinajstić information content (AvgIpc) is 3.09. The monoisotopic (exact) mass is 315 g/mol. The molecule has 124 valence electrons. The number of aromatic nitrogens is 1. The van der Waals surface area contributed by atoms with Crippen molar-refractivity contribution in [1.82, 2.24) is 15.6 Å². The van der Waals surface area contributed by atoms with Crippen LogP contribution in [0.4, 0.5) is 0 Å². The van der Waals surface area contributed by atoms with Gasteiger partial charge in [-0.05, 0) is 37.8 Å². The molecule has 0 spiro atoms. The van der Waals surface area contributed by atoms with Crippen molar-refractivity contribution in [2.75, 3.05) is 0 Å². The molecule has 1 aromatic rings. The van der Waals surface area contributed by atoms with Crippen LogP contribution < -0.4 is 10.6 Å². The summed E-state index contributed by atoms with van der Waals surface area (Å²) >= 11 is 0. The predicted octanol–water partition coefficient (Wildman–Crippen LogP) is 2.82. The maximum absolute atomic E-state index is 12.3. The summed E-state index contributed by atoms with van der Waals surface area (Å²) in [6.45, 7) is 0. The lowest BCUT2D eigenvalue weighted by molar-refractivity contribution is 0.0921. The first-order chi connectivity index (χ1) is 11.2. The van der Waals surface area contributed by atoms with Crippen molar-refractivity contribution >= 4 is 11.8 Å². The van der Waals surface area contributed by atoms with Crippen LogP contribution in [-0.4, -0.2) is 28.9 Å². The number of hydrogen-bond donors (Lipinski definition) is 2. The highest BCUT2D eigenvalue weighted by Gasteiger charge is 2.21. The van der Waals surface area contributed by atoms with E-state index in [0.717, 1.165) is 25.7 Å². The van der Waals surface area contributed by atoms with Gasteiger partial charge in [0.2, 0.25) is 0 Å². The van der Waals surface area contributed by atoms with Crippen LogP contribution in [0.15, 0.2) is 18.2 Å². The summed E-state index contributed by atoms with van der Waals surface area (Å²) in [6, 6.07) is 5.57. The van der Waals surface area contributed by atoms with Crippen LogP contribution >= 0.6 is 0 Å². The van der Waals surface area contributed by atoms with Gasteiger partial charge in [0, 0.05) is 12.1 Å². The van der Waals surface area contributed by atoms with Crippen LogP contribution in [0.1, 0.15) is 78.8 Å². The van der Waals surface area contributed by atoms with Crippen LogP contribution in [0.25, 0.3) is 0 Å². The van der Waals surface area contributed by atoms with Gasteiger partial charge in [-0.1, -0.05) is 38.2 Å². The number of nitrogens with zero attached hydrogens (tertiary/aromatic N) is 1. The summed E-state index contributed by atoms with van der Waals surface area (Å²) in [5.41, 5.74) is 0.655. The zero-order chi connectivity index (χ0) is 16.1. The second-order valence-corrected chi connectivity index (χ2v) is 6.67. The van der Waals surface area contributed by atoms with Crippen LogP contribution in [-0.2, 0) is 0 Å².